The molecule has 0 unspecified atom stereocenters. The van der Waals surface area contributed by atoms with Crippen LogP contribution in [0, 0.1) is 5.92 Å². The van der Waals surface area contributed by atoms with Crippen LogP contribution in [0.4, 0.5) is 4.79 Å². The summed E-state index contributed by atoms with van der Waals surface area (Å²) in [4.78, 5) is 38.2. The van der Waals surface area contributed by atoms with E-state index in [1.54, 1.807) is 20.8 Å². The van der Waals surface area contributed by atoms with Gasteiger partial charge in [0, 0.05) is 24.0 Å². The van der Waals surface area contributed by atoms with Gasteiger partial charge in [0.2, 0.25) is 5.91 Å². The molecule has 7 nitrogen and oxygen atoms in total. The van der Waals surface area contributed by atoms with Crippen LogP contribution in [-0.4, -0.2) is 52.7 Å². The third kappa shape index (κ3) is 6.82. The number of hydrogen-bond donors (Lipinski definition) is 2. The number of nitrogens with one attached hydrogen (secondary N) is 1. The number of alkyl carbamates (subject to hydrolysis) is 1. The Morgan fingerprint density at radius 3 is 2.68 bits per heavy atom. The molecular formula is C20H27BrN2O5. The predicted molar refractivity (Wildman–Crippen MR) is 108 cm³/mol. The Hall–Kier alpha value is -2.09. The van der Waals surface area contributed by atoms with Gasteiger partial charge in [-0.1, -0.05) is 28.1 Å². The van der Waals surface area contributed by atoms with Crippen LogP contribution in [0.1, 0.15) is 39.2 Å². The summed E-state index contributed by atoms with van der Waals surface area (Å²) in [6, 6.07) is 6.65. The van der Waals surface area contributed by atoms with Crippen molar-refractivity contribution >= 4 is 33.9 Å². The number of aliphatic carboxylic acids is 1. The van der Waals surface area contributed by atoms with Crippen LogP contribution >= 0.6 is 15.9 Å². The normalized spacial score (nSPS) is 18.3. The van der Waals surface area contributed by atoms with Gasteiger partial charge in [0.1, 0.15) is 11.6 Å². The van der Waals surface area contributed by atoms with Crippen molar-refractivity contribution in [2.24, 2.45) is 5.92 Å². The molecule has 2 rings (SSSR count). The standard InChI is InChI=1S/C20H27BrN2O5/c1-20(2,3)28-19(27)22-16(11-13-6-4-8-15(21)10-13)17(24)23-9-5-7-14(12-23)18(25)26/h4,6,8,10,14,16H,5,7,9,11-12H2,1-3H3,(H,22,27)(H,25,26)/t14-,16+/m1/s1. The highest BCUT2D eigenvalue weighted by Gasteiger charge is 2.33. The van der Waals surface area contributed by atoms with Crippen molar-refractivity contribution in [1.29, 1.82) is 0 Å². The van der Waals surface area contributed by atoms with Gasteiger partial charge in [0.25, 0.3) is 0 Å². The number of carboxylic acid groups (broad SMARTS) is 1. The Kier molecular flexibility index (Phi) is 7.46. The maximum absolute atomic E-state index is 13.1. The molecule has 2 N–H and O–H groups in total. The van der Waals surface area contributed by atoms with Crippen molar-refractivity contribution in [2.75, 3.05) is 13.1 Å². The van der Waals surface area contributed by atoms with Crippen molar-refractivity contribution in [3.05, 3.63) is 34.3 Å². The number of piperidine rings is 1. The summed E-state index contributed by atoms with van der Waals surface area (Å²) in [7, 11) is 0. The molecule has 1 aliphatic heterocycles. The molecule has 1 heterocycles. The lowest BCUT2D eigenvalue weighted by Crippen LogP contribution is -2.53. The molecule has 0 radical (unpaired) electrons. The summed E-state index contributed by atoms with van der Waals surface area (Å²) in [5.74, 6) is -1.77. The van der Waals surface area contributed by atoms with E-state index in [4.69, 9.17) is 4.74 Å². The summed E-state index contributed by atoms with van der Waals surface area (Å²) in [6.45, 7) is 5.88. The van der Waals surface area contributed by atoms with E-state index in [-0.39, 0.29) is 18.9 Å². The van der Waals surface area contributed by atoms with Crippen LogP contribution < -0.4 is 5.32 Å². The summed E-state index contributed by atoms with van der Waals surface area (Å²) >= 11 is 3.41. The summed E-state index contributed by atoms with van der Waals surface area (Å²) in [5.41, 5.74) is 0.183. The largest absolute Gasteiger partial charge is 0.481 e. The maximum atomic E-state index is 13.1. The Balaban J connectivity index is 2.17. The zero-order chi connectivity index (χ0) is 20.9. The Labute approximate surface area is 173 Å². The molecule has 1 saturated heterocycles. The third-order valence-electron chi connectivity index (χ3n) is 4.40. The first-order valence-electron chi connectivity index (χ1n) is 9.30. The van der Waals surface area contributed by atoms with Crippen molar-refractivity contribution < 1.29 is 24.2 Å². The first-order valence-corrected chi connectivity index (χ1v) is 10.1. The number of amides is 2. The third-order valence-corrected chi connectivity index (χ3v) is 4.89. The van der Waals surface area contributed by atoms with Gasteiger partial charge in [0.05, 0.1) is 5.92 Å². The number of benzene rings is 1. The molecule has 0 aliphatic carbocycles. The van der Waals surface area contributed by atoms with E-state index < -0.39 is 29.6 Å². The number of ether oxygens (including phenoxy) is 1. The van der Waals surface area contributed by atoms with Gasteiger partial charge in [-0.15, -0.1) is 0 Å². The molecule has 2 amide bonds. The number of rotatable bonds is 5. The van der Waals surface area contributed by atoms with E-state index in [0.29, 0.717) is 19.4 Å². The second-order valence-corrected chi connectivity index (χ2v) is 8.91. The van der Waals surface area contributed by atoms with E-state index in [2.05, 4.69) is 21.2 Å². The van der Waals surface area contributed by atoms with Crippen molar-refractivity contribution in [2.45, 2.75) is 51.7 Å². The molecule has 154 valence electrons. The lowest BCUT2D eigenvalue weighted by molar-refractivity contribution is -0.146. The van der Waals surface area contributed by atoms with Gasteiger partial charge >= 0.3 is 12.1 Å². The zero-order valence-corrected chi connectivity index (χ0v) is 18.0. The number of carboxylic acids is 1. The van der Waals surface area contributed by atoms with Crippen LogP contribution in [0.5, 0.6) is 0 Å². The number of carbonyl (C=O) groups is 3. The number of hydrogen-bond acceptors (Lipinski definition) is 4. The Morgan fingerprint density at radius 1 is 1.36 bits per heavy atom. The molecule has 0 spiro atoms. The minimum Gasteiger partial charge on any atom is -0.481 e. The predicted octanol–water partition coefficient (Wildman–Crippen LogP) is 3.21. The fraction of sp³-hybridized carbons (Fsp3) is 0.550. The molecule has 0 aromatic heterocycles. The Morgan fingerprint density at radius 2 is 2.07 bits per heavy atom. The van der Waals surface area contributed by atoms with E-state index >= 15 is 0 Å². The van der Waals surface area contributed by atoms with Gasteiger partial charge in [-0.05, 0) is 51.3 Å². The highest BCUT2D eigenvalue weighted by atomic mass is 79.9. The number of likely N-dealkylation sites (tertiary alicyclic amines) is 1. The van der Waals surface area contributed by atoms with Crippen LogP contribution in [0.25, 0.3) is 0 Å². The quantitative estimate of drug-likeness (QED) is 0.711. The monoisotopic (exact) mass is 454 g/mol. The zero-order valence-electron chi connectivity index (χ0n) is 16.4. The smallest absolute Gasteiger partial charge is 0.408 e. The van der Waals surface area contributed by atoms with Crippen LogP contribution in [0.2, 0.25) is 0 Å². The lowest BCUT2D eigenvalue weighted by Gasteiger charge is -2.34. The lowest BCUT2D eigenvalue weighted by atomic mass is 9.96. The minimum absolute atomic E-state index is 0.152. The SMILES string of the molecule is CC(C)(C)OC(=O)N[C@@H](Cc1cccc(Br)c1)C(=O)N1CCC[C@@H](C(=O)O)C1. The summed E-state index contributed by atoms with van der Waals surface area (Å²) in [5, 5.41) is 11.9. The molecule has 2 atom stereocenters. The van der Waals surface area contributed by atoms with Gasteiger partial charge in [-0.2, -0.15) is 0 Å². The molecule has 1 aromatic rings. The minimum atomic E-state index is -0.902. The van der Waals surface area contributed by atoms with Crippen LogP contribution in [0.15, 0.2) is 28.7 Å². The van der Waals surface area contributed by atoms with Gasteiger partial charge in [0.15, 0.2) is 0 Å². The van der Waals surface area contributed by atoms with E-state index in [1.165, 1.54) is 4.90 Å². The molecule has 0 saturated carbocycles. The fourth-order valence-corrected chi connectivity index (χ4v) is 3.60. The van der Waals surface area contributed by atoms with Gasteiger partial charge in [-0.25, -0.2) is 4.79 Å². The summed E-state index contributed by atoms with van der Waals surface area (Å²) in [6.07, 6.45) is 0.784. The highest BCUT2D eigenvalue weighted by Crippen LogP contribution is 2.19. The highest BCUT2D eigenvalue weighted by molar-refractivity contribution is 9.10. The first-order chi connectivity index (χ1) is 13.0. The maximum Gasteiger partial charge on any atom is 0.408 e. The van der Waals surface area contributed by atoms with Gasteiger partial charge < -0.3 is 20.1 Å². The van der Waals surface area contributed by atoms with Crippen molar-refractivity contribution in [3.8, 4) is 0 Å². The topological polar surface area (TPSA) is 95.9 Å². The number of carbonyl (C=O) groups excluding carboxylic acids is 2. The van der Waals surface area contributed by atoms with E-state index in [0.717, 1.165) is 10.0 Å². The molecule has 0 bridgehead atoms. The van der Waals surface area contributed by atoms with Crippen molar-refractivity contribution in [1.82, 2.24) is 10.2 Å². The van der Waals surface area contributed by atoms with E-state index in [9.17, 15) is 19.5 Å². The van der Waals surface area contributed by atoms with Crippen LogP contribution in [-0.2, 0) is 20.7 Å². The average Bonchev–Trinajstić information content (AvgIpc) is 2.59. The van der Waals surface area contributed by atoms with Gasteiger partial charge in [-0.3, -0.25) is 9.59 Å². The van der Waals surface area contributed by atoms with E-state index in [1.807, 2.05) is 24.3 Å². The second-order valence-electron chi connectivity index (χ2n) is 7.99. The second kappa shape index (κ2) is 9.41. The van der Waals surface area contributed by atoms with Crippen molar-refractivity contribution in [3.63, 3.8) is 0 Å². The Bertz CT molecular complexity index is 732. The first kappa shape index (κ1) is 22.2. The molecular weight excluding hydrogens is 428 g/mol. The molecule has 1 aromatic carbocycles. The molecule has 1 aliphatic rings. The van der Waals surface area contributed by atoms with Crippen LogP contribution in [0.3, 0.4) is 0 Å². The molecule has 1 fully saturated rings. The molecule has 28 heavy (non-hydrogen) atoms. The molecule has 8 heteroatoms. The number of nitrogens with zero attached hydrogens (tertiary/aromatic N) is 1. The fourth-order valence-electron chi connectivity index (χ4n) is 3.15. The summed E-state index contributed by atoms with van der Waals surface area (Å²) < 4.78 is 6.17. The average molecular weight is 455 g/mol. The number of halogens is 1.